The van der Waals surface area contributed by atoms with Gasteiger partial charge in [0.2, 0.25) is 0 Å². The fraction of sp³-hybridized carbons (Fsp3) is 0.286. The van der Waals surface area contributed by atoms with E-state index >= 15 is 0 Å². The number of hydrogen-bond acceptors (Lipinski definition) is 1. The third-order valence-corrected chi connectivity index (χ3v) is 1.41. The average Bonchev–Trinajstić information content (AvgIpc) is 2.03. The Kier molecular flexibility index (Phi) is 4.16. The van der Waals surface area contributed by atoms with E-state index in [0.29, 0.717) is 12.1 Å². The minimum absolute atomic E-state index is 0. The SMILES string of the molecule is [Cl-].[NH3+]Cc1cncc(C(F)(F)F)c1. The maximum Gasteiger partial charge on any atom is 0.417 e. The van der Waals surface area contributed by atoms with Crippen LogP contribution < -0.4 is 18.1 Å². The van der Waals surface area contributed by atoms with Gasteiger partial charge in [-0.05, 0) is 6.07 Å². The smallest absolute Gasteiger partial charge is 0.417 e. The van der Waals surface area contributed by atoms with Crippen molar-refractivity contribution in [3.05, 3.63) is 29.6 Å². The highest BCUT2D eigenvalue weighted by atomic mass is 35.5. The molecule has 3 N–H and O–H groups in total. The van der Waals surface area contributed by atoms with Crippen molar-refractivity contribution in [2.75, 3.05) is 0 Å². The molecule has 2 nitrogen and oxygen atoms in total. The van der Waals surface area contributed by atoms with E-state index in [1.807, 2.05) is 0 Å². The van der Waals surface area contributed by atoms with Crippen molar-refractivity contribution in [1.82, 2.24) is 4.98 Å². The van der Waals surface area contributed by atoms with Crippen molar-refractivity contribution in [3.63, 3.8) is 0 Å². The molecule has 0 amide bonds. The predicted molar refractivity (Wildman–Crippen MR) is 35.8 cm³/mol. The van der Waals surface area contributed by atoms with Crippen LogP contribution in [0.4, 0.5) is 13.2 Å². The molecule has 0 aliphatic carbocycles. The number of hydrogen-bond donors (Lipinski definition) is 1. The number of rotatable bonds is 1. The maximum atomic E-state index is 12.0. The summed E-state index contributed by atoms with van der Waals surface area (Å²) in [6.45, 7) is 0.316. The Hall–Kier alpha value is -0.810. The van der Waals surface area contributed by atoms with Crippen LogP contribution in [0.5, 0.6) is 0 Å². The molecule has 0 spiro atoms. The topological polar surface area (TPSA) is 40.5 Å². The number of halogens is 4. The third kappa shape index (κ3) is 3.20. The summed E-state index contributed by atoms with van der Waals surface area (Å²) in [5.41, 5.74) is 3.24. The normalized spacial score (nSPS) is 10.8. The van der Waals surface area contributed by atoms with E-state index in [9.17, 15) is 13.2 Å². The van der Waals surface area contributed by atoms with Crippen LogP contribution in [0.25, 0.3) is 0 Å². The van der Waals surface area contributed by atoms with Crippen molar-refractivity contribution in [3.8, 4) is 0 Å². The zero-order valence-corrected chi connectivity index (χ0v) is 7.36. The van der Waals surface area contributed by atoms with Crippen molar-refractivity contribution >= 4 is 0 Å². The van der Waals surface area contributed by atoms with Crippen molar-refractivity contribution in [1.29, 1.82) is 0 Å². The molecule has 0 saturated heterocycles. The summed E-state index contributed by atoms with van der Waals surface area (Å²) in [6.07, 6.45) is -2.13. The second-order valence-corrected chi connectivity index (χ2v) is 2.33. The lowest BCUT2D eigenvalue weighted by atomic mass is 10.2. The van der Waals surface area contributed by atoms with Gasteiger partial charge in [0.1, 0.15) is 6.54 Å². The van der Waals surface area contributed by atoms with Crippen LogP contribution in [0.15, 0.2) is 18.5 Å². The van der Waals surface area contributed by atoms with E-state index in [2.05, 4.69) is 10.7 Å². The molecule has 0 fully saturated rings. The Bertz CT molecular complexity index is 275. The number of quaternary nitrogens is 1. The Morgan fingerprint density at radius 3 is 2.38 bits per heavy atom. The van der Waals surface area contributed by atoms with Gasteiger partial charge in [-0.25, -0.2) is 0 Å². The van der Waals surface area contributed by atoms with Gasteiger partial charge in [-0.1, -0.05) is 0 Å². The van der Waals surface area contributed by atoms with Gasteiger partial charge in [-0.15, -0.1) is 0 Å². The maximum absolute atomic E-state index is 12.0. The quantitative estimate of drug-likeness (QED) is 0.567. The lowest BCUT2D eigenvalue weighted by molar-refractivity contribution is -0.386. The van der Waals surface area contributed by atoms with Gasteiger partial charge in [-0.3, -0.25) is 4.98 Å². The molecule has 0 aliphatic heterocycles. The monoisotopic (exact) mass is 212 g/mol. The summed E-state index contributed by atoms with van der Waals surface area (Å²) in [5, 5.41) is 0. The Morgan fingerprint density at radius 2 is 1.92 bits per heavy atom. The molecule has 0 radical (unpaired) electrons. The number of nitrogens with zero attached hydrogens (tertiary/aromatic N) is 1. The van der Waals surface area contributed by atoms with Gasteiger partial charge >= 0.3 is 6.18 Å². The summed E-state index contributed by atoms with van der Waals surface area (Å²) in [5.74, 6) is 0. The first-order chi connectivity index (χ1) is 5.54. The number of alkyl halides is 3. The molecular formula is C7H8ClF3N2. The highest BCUT2D eigenvalue weighted by Gasteiger charge is 2.30. The molecule has 0 bridgehead atoms. The Morgan fingerprint density at radius 1 is 1.31 bits per heavy atom. The van der Waals surface area contributed by atoms with Crippen LogP contribution in [0.3, 0.4) is 0 Å². The fourth-order valence-electron chi connectivity index (χ4n) is 0.779. The molecule has 1 aromatic heterocycles. The van der Waals surface area contributed by atoms with E-state index in [1.54, 1.807) is 0 Å². The largest absolute Gasteiger partial charge is 1.00 e. The van der Waals surface area contributed by atoms with E-state index in [4.69, 9.17) is 0 Å². The predicted octanol–water partition coefficient (Wildman–Crippen LogP) is -2.15. The molecule has 1 aromatic rings. The van der Waals surface area contributed by atoms with E-state index in [-0.39, 0.29) is 12.4 Å². The lowest BCUT2D eigenvalue weighted by Gasteiger charge is -2.05. The molecule has 1 heterocycles. The molecular weight excluding hydrogens is 205 g/mol. The fourth-order valence-corrected chi connectivity index (χ4v) is 0.779. The molecule has 6 heteroatoms. The number of aromatic nitrogens is 1. The Balaban J connectivity index is 0.00000144. The molecule has 13 heavy (non-hydrogen) atoms. The minimum atomic E-state index is -4.31. The van der Waals surface area contributed by atoms with Crippen LogP contribution in [0, 0.1) is 0 Å². The second kappa shape index (κ2) is 4.43. The standard InChI is InChI=1S/C7H7F3N2.ClH/c8-7(9,10)6-1-5(2-11)3-12-4-6;/h1,3-4H,2,11H2;1H. The highest BCUT2D eigenvalue weighted by Crippen LogP contribution is 2.28. The van der Waals surface area contributed by atoms with Crippen LogP contribution in [-0.4, -0.2) is 4.98 Å². The molecule has 1 rings (SSSR count). The van der Waals surface area contributed by atoms with Gasteiger partial charge < -0.3 is 18.1 Å². The number of pyridine rings is 1. The van der Waals surface area contributed by atoms with Crippen molar-refractivity contribution < 1.29 is 31.3 Å². The van der Waals surface area contributed by atoms with E-state index in [0.717, 1.165) is 12.3 Å². The summed E-state index contributed by atoms with van der Waals surface area (Å²) < 4.78 is 36.1. The molecule has 0 aliphatic rings. The lowest BCUT2D eigenvalue weighted by Crippen LogP contribution is -3.00. The minimum Gasteiger partial charge on any atom is -1.00 e. The zero-order valence-electron chi connectivity index (χ0n) is 6.61. The van der Waals surface area contributed by atoms with Crippen LogP contribution in [-0.2, 0) is 12.7 Å². The van der Waals surface area contributed by atoms with Gasteiger partial charge in [0.15, 0.2) is 0 Å². The van der Waals surface area contributed by atoms with Crippen LogP contribution in [0.1, 0.15) is 11.1 Å². The van der Waals surface area contributed by atoms with Gasteiger partial charge in [0, 0.05) is 18.0 Å². The highest BCUT2D eigenvalue weighted by molar-refractivity contribution is 5.19. The second-order valence-electron chi connectivity index (χ2n) is 2.33. The Labute approximate surface area is 79.4 Å². The molecule has 0 unspecified atom stereocenters. The van der Waals surface area contributed by atoms with Crippen LogP contribution >= 0.6 is 0 Å². The summed E-state index contributed by atoms with van der Waals surface area (Å²) >= 11 is 0. The molecule has 74 valence electrons. The third-order valence-electron chi connectivity index (χ3n) is 1.41. The summed E-state index contributed by atoms with van der Waals surface area (Å²) in [6, 6.07) is 1.06. The average molecular weight is 213 g/mol. The van der Waals surface area contributed by atoms with Gasteiger partial charge in [0.05, 0.1) is 5.56 Å². The van der Waals surface area contributed by atoms with Crippen molar-refractivity contribution in [2.24, 2.45) is 0 Å². The van der Waals surface area contributed by atoms with E-state index < -0.39 is 11.7 Å². The zero-order chi connectivity index (χ0) is 9.19. The summed E-state index contributed by atoms with van der Waals surface area (Å²) in [7, 11) is 0. The van der Waals surface area contributed by atoms with Crippen LogP contribution in [0.2, 0.25) is 0 Å². The first-order valence-electron chi connectivity index (χ1n) is 3.34. The molecule has 0 saturated carbocycles. The van der Waals surface area contributed by atoms with Gasteiger partial charge in [-0.2, -0.15) is 13.2 Å². The first kappa shape index (κ1) is 12.2. The van der Waals surface area contributed by atoms with E-state index in [1.165, 1.54) is 6.20 Å². The summed E-state index contributed by atoms with van der Waals surface area (Å²) in [4.78, 5) is 3.46. The molecule has 0 aromatic carbocycles. The van der Waals surface area contributed by atoms with Crippen molar-refractivity contribution in [2.45, 2.75) is 12.7 Å². The van der Waals surface area contributed by atoms with Gasteiger partial charge in [0.25, 0.3) is 0 Å². The molecule has 0 atom stereocenters. The first-order valence-corrected chi connectivity index (χ1v) is 3.34.